The summed E-state index contributed by atoms with van der Waals surface area (Å²) in [5, 5.41) is 13.5. The number of fused-ring (bicyclic) bond motifs is 1. The Morgan fingerprint density at radius 3 is 2.89 bits per heavy atom. The summed E-state index contributed by atoms with van der Waals surface area (Å²) in [5.74, 6) is 0.773. The van der Waals surface area contributed by atoms with Crippen LogP contribution in [-0.4, -0.2) is 24.2 Å². The molecule has 0 bridgehead atoms. The number of pyridine rings is 1. The van der Waals surface area contributed by atoms with Gasteiger partial charge in [0.1, 0.15) is 5.82 Å². The Morgan fingerprint density at radius 2 is 2.16 bits per heavy atom. The number of hydrogen-bond donors (Lipinski definition) is 1. The number of anilines is 1. The zero-order valence-electron chi connectivity index (χ0n) is 10.8. The highest BCUT2D eigenvalue weighted by Crippen LogP contribution is 2.27. The number of nitrogens with one attached hydrogen (secondary N) is 1. The van der Waals surface area contributed by atoms with Gasteiger partial charge in [0, 0.05) is 18.5 Å². The van der Waals surface area contributed by atoms with Gasteiger partial charge in [-0.15, -0.1) is 0 Å². The van der Waals surface area contributed by atoms with Gasteiger partial charge in [-0.1, -0.05) is 18.2 Å². The maximum Gasteiger partial charge on any atom is 0.128 e. The standard InChI is InChI=1S/C15H15N3O/c1-19-12-7-11(8-12)17-15-6-10(9-16)13-4-2-3-5-14(13)18-15/h2-6,11-12H,7-8H2,1H3,(H,17,18). The molecule has 0 aliphatic heterocycles. The number of nitrogens with zero attached hydrogens (tertiary/aromatic N) is 2. The highest BCUT2D eigenvalue weighted by atomic mass is 16.5. The molecule has 19 heavy (non-hydrogen) atoms. The van der Waals surface area contributed by atoms with Crippen LogP contribution in [-0.2, 0) is 4.74 Å². The third-order valence-electron chi connectivity index (χ3n) is 3.62. The van der Waals surface area contributed by atoms with Crippen LogP contribution in [0.15, 0.2) is 30.3 Å². The fourth-order valence-electron chi connectivity index (χ4n) is 2.43. The number of aromatic nitrogens is 1. The Bertz CT molecular complexity index is 641. The molecule has 0 atom stereocenters. The molecule has 0 saturated heterocycles. The molecule has 96 valence electrons. The number of nitriles is 1. The zero-order chi connectivity index (χ0) is 13.2. The lowest BCUT2D eigenvalue weighted by Crippen LogP contribution is -2.40. The van der Waals surface area contributed by atoms with E-state index < -0.39 is 0 Å². The minimum atomic E-state index is 0.355. The van der Waals surface area contributed by atoms with Crippen LogP contribution in [0.4, 0.5) is 5.82 Å². The SMILES string of the molecule is COC1CC(Nc2cc(C#N)c3ccccc3n2)C1. The van der Waals surface area contributed by atoms with Crippen molar-refractivity contribution in [2.75, 3.05) is 12.4 Å². The maximum absolute atomic E-state index is 9.22. The van der Waals surface area contributed by atoms with Gasteiger partial charge in [0.25, 0.3) is 0 Å². The van der Waals surface area contributed by atoms with E-state index in [9.17, 15) is 5.26 Å². The number of methoxy groups -OCH3 is 1. The van der Waals surface area contributed by atoms with Crippen LogP contribution in [0.1, 0.15) is 18.4 Å². The van der Waals surface area contributed by atoms with Crippen LogP contribution in [0.25, 0.3) is 10.9 Å². The van der Waals surface area contributed by atoms with Crippen LogP contribution in [0, 0.1) is 11.3 Å². The number of hydrogen-bond acceptors (Lipinski definition) is 4. The molecule has 0 amide bonds. The molecule has 4 heteroatoms. The van der Waals surface area contributed by atoms with Gasteiger partial charge in [-0.2, -0.15) is 5.26 Å². The van der Waals surface area contributed by atoms with Crippen LogP contribution >= 0.6 is 0 Å². The lowest BCUT2D eigenvalue weighted by molar-refractivity contribution is 0.0328. The van der Waals surface area contributed by atoms with Gasteiger partial charge in [-0.25, -0.2) is 4.98 Å². The largest absolute Gasteiger partial charge is 0.381 e. The van der Waals surface area contributed by atoms with E-state index in [-0.39, 0.29) is 0 Å². The van der Waals surface area contributed by atoms with Crippen molar-refractivity contribution in [2.45, 2.75) is 25.0 Å². The first-order valence-corrected chi connectivity index (χ1v) is 6.39. The average Bonchev–Trinajstić information content (AvgIpc) is 2.41. The average molecular weight is 253 g/mol. The van der Waals surface area contributed by atoms with Crippen molar-refractivity contribution < 1.29 is 4.74 Å². The lowest BCUT2D eigenvalue weighted by atomic mass is 9.89. The second-order valence-electron chi connectivity index (χ2n) is 4.85. The molecular formula is C15H15N3O. The van der Waals surface area contributed by atoms with Crippen LogP contribution in [0.3, 0.4) is 0 Å². The highest BCUT2D eigenvalue weighted by molar-refractivity contribution is 5.86. The van der Waals surface area contributed by atoms with Gasteiger partial charge >= 0.3 is 0 Å². The summed E-state index contributed by atoms with van der Waals surface area (Å²) in [5.41, 5.74) is 1.52. The molecule has 3 rings (SSSR count). The predicted octanol–water partition coefficient (Wildman–Crippen LogP) is 2.70. The fraction of sp³-hybridized carbons (Fsp3) is 0.333. The van der Waals surface area contributed by atoms with Gasteiger partial charge in [0.05, 0.1) is 23.3 Å². The minimum Gasteiger partial charge on any atom is -0.381 e. The first-order valence-electron chi connectivity index (χ1n) is 6.39. The van der Waals surface area contributed by atoms with Crippen LogP contribution < -0.4 is 5.32 Å². The molecule has 0 unspecified atom stereocenters. The lowest BCUT2D eigenvalue weighted by Gasteiger charge is -2.35. The van der Waals surface area contributed by atoms with Gasteiger partial charge in [0.2, 0.25) is 0 Å². The molecule has 1 aromatic heterocycles. The first-order chi connectivity index (χ1) is 9.30. The topological polar surface area (TPSA) is 57.9 Å². The van der Waals surface area contributed by atoms with E-state index >= 15 is 0 Å². The highest BCUT2D eigenvalue weighted by Gasteiger charge is 2.29. The number of ether oxygens (including phenoxy) is 1. The van der Waals surface area contributed by atoms with Crippen molar-refractivity contribution in [1.29, 1.82) is 5.26 Å². The predicted molar refractivity (Wildman–Crippen MR) is 73.9 cm³/mol. The van der Waals surface area contributed by atoms with E-state index in [1.807, 2.05) is 30.3 Å². The van der Waals surface area contributed by atoms with Gasteiger partial charge in [-0.3, -0.25) is 0 Å². The summed E-state index contributed by atoms with van der Waals surface area (Å²) in [6, 6.07) is 12.2. The second-order valence-corrected chi connectivity index (χ2v) is 4.85. The Morgan fingerprint density at radius 1 is 1.37 bits per heavy atom. The van der Waals surface area contributed by atoms with E-state index in [1.165, 1.54) is 0 Å². The summed E-state index contributed by atoms with van der Waals surface area (Å²) in [6.07, 6.45) is 2.34. The maximum atomic E-state index is 9.22. The van der Waals surface area contributed by atoms with Crippen molar-refractivity contribution in [2.24, 2.45) is 0 Å². The molecule has 1 aromatic carbocycles. The van der Waals surface area contributed by atoms with Crippen molar-refractivity contribution in [3.63, 3.8) is 0 Å². The summed E-state index contributed by atoms with van der Waals surface area (Å²) in [6.45, 7) is 0. The molecular weight excluding hydrogens is 238 g/mol. The molecule has 1 aliphatic rings. The normalized spacial score (nSPS) is 21.7. The number of para-hydroxylation sites is 1. The Kier molecular flexibility index (Phi) is 3.06. The number of rotatable bonds is 3. The zero-order valence-corrected chi connectivity index (χ0v) is 10.8. The number of benzene rings is 1. The monoisotopic (exact) mass is 253 g/mol. The molecule has 1 N–H and O–H groups in total. The van der Waals surface area contributed by atoms with Crippen LogP contribution in [0.5, 0.6) is 0 Å². The van der Waals surface area contributed by atoms with Crippen molar-refractivity contribution >= 4 is 16.7 Å². The molecule has 0 radical (unpaired) electrons. The molecule has 1 aliphatic carbocycles. The minimum absolute atomic E-state index is 0.355. The quantitative estimate of drug-likeness (QED) is 0.913. The van der Waals surface area contributed by atoms with Crippen molar-refractivity contribution in [3.05, 3.63) is 35.9 Å². The van der Waals surface area contributed by atoms with E-state index in [1.54, 1.807) is 7.11 Å². The smallest absolute Gasteiger partial charge is 0.128 e. The summed E-state index contributed by atoms with van der Waals surface area (Å²) >= 11 is 0. The van der Waals surface area contributed by atoms with Gasteiger partial charge < -0.3 is 10.1 Å². The third-order valence-corrected chi connectivity index (χ3v) is 3.62. The molecule has 1 heterocycles. The first kappa shape index (κ1) is 11.9. The summed E-state index contributed by atoms with van der Waals surface area (Å²) in [4.78, 5) is 4.55. The van der Waals surface area contributed by atoms with E-state index in [4.69, 9.17) is 4.74 Å². The van der Waals surface area contributed by atoms with Crippen LogP contribution in [0.2, 0.25) is 0 Å². The fourth-order valence-corrected chi connectivity index (χ4v) is 2.43. The Hall–Kier alpha value is -2.12. The molecule has 4 nitrogen and oxygen atoms in total. The van der Waals surface area contributed by atoms with E-state index in [2.05, 4.69) is 16.4 Å². The Balaban J connectivity index is 1.87. The summed E-state index contributed by atoms with van der Waals surface area (Å²) < 4.78 is 5.26. The van der Waals surface area contributed by atoms with E-state index in [0.717, 1.165) is 29.6 Å². The van der Waals surface area contributed by atoms with Crippen molar-refractivity contribution in [3.8, 4) is 6.07 Å². The summed E-state index contributed by atoms with van der Waals surface area (Å²) in [7, 11) is 1.74. The molecule has 1 saturated carbocycles. The van der Waals surface area contributed by atoms with E-state index in [0.29, 0.717) is 17.7 Å². The second kappa shape index (κ2) is 4.87. The van der Waals surface area contributed by atoms with Gasteiger partial charge in [-0.05, 0) is 25.0 Å². The Labute approximate surface area is 112 Å². The molecule has 0 spiro atoms. The van der Waals surface area contributed by atoms with Crippen molar-refractivity contribution in [1.82, 2.24) is 4.98 Å². The third kappa shape index (κ3) is 2.25. The molecule has 1 fully saturated rings. The molecule has 2 aromatic rings. The van der Waals surface area contributed by atoms with Gasteiger partial charge in [0.15, 0.2) is 0 Å².